The lowest BCUT2D eigenvalue weighted by molar-refractivity contribution is -0.136. The average Bonchev–Trinajstić information content (AvgIpc) is 2.29. The molecule has 0 saturated carbocycles. The minimum atomic E-state index is 0. The number of carbonyl (C=O) groups is 1. The number of benzene rings is 1. The molecule has 1 heterocycles. The highest BCUT2D eigenvalue weighted by molar-refractivity contribution is 5.85. The van der Waals surface area contributed by atoms with Crippen LogP contribution in [0.5, 0.6) is 5.75 Å². The molecule has 0 spiro atoms. The molecule has 19 heavy (non-hydrogen) atoms. The molecule has 5 heteroatoms. The van der Waals surface area contributed by atoms with Gasteiger partial charge >= 0.3 is 0 Å². The standard InChI is InChI=1S/C14H20N2O2.ClH/c1-11-3-5-13(6-4-11)18-8-7-16(2)14(17)12-9-15-10-12;/h3-6,12,15H,7-10H2,1-2H3;1H. The third kappa shape index (κ3) is 4.40. The molecule has 0 aliphatic carbocycles. The van der Waals surface area contributed by atoms with Crippen LogP contribution in [0.2, 0.25) is 0 Å². The topological polar surface area (TPSA) is 41.6 Å². The maximum absolute atomic E-state index is 11.8. The Morgan fingerprint density at radius 1 is 1.37 bits per heavy atom. The summed E-state index contributed by atoms with van der Waals surface area (Å²) in [5.74, 6) is 1.22. The smallest absolute Gasteiger partial charge is 0.228 e. The van der Waals surface area contributed by atoms with Gasteiger partial charge in [0.2, 0.25) is 5.91 Å². The van der Waals surface area contributed by atoms with E-state index in [0.29, 0.717) is 13.2 Å². The van der Waals surface area contributed by atoms with E-state index in [9.17, 15) is 4.79 Å². The third-order valence-electron chi connectivity index (χ3n) is 3.22. The lowest BCUT2D eigenvalue weighted by Crippen LogP contribution is -2.51. The van der Waals surface area contributed by atoms with Gasteiger partial charge in [0.15, 0.2) is 0 Å². The maximum atomic E-state index is 11.8. The number of carbonyl (C=O) groups excluding carboxylic acids is 1. The van der Waals surface area contributed by atoms with Gasteiger partial charge in [-0.1, -0.05) is 17.7 Å². The van der Waals surface area contributed by atoms with Gasteiger partial charge in [0.25, 0.3) is 0 Å². The Morgan fingerprint density at radius 2 is 2.00 bits per heavy atom. The van der Waals surface area contributed by atoms with Gasteiger partial charge in [0, 0.05) is 20.1 Å². The van der Waals surface area contributed by atoms with Crippen molar-refractivity contribution in [3.05, 3.63) is 29.8 Å². The fourth-order valence-electron chi connectivity index (χ4n) is 1.82. The third-order valence-corrected chi connectivity index (χ3v) is 3.22. The number of likely N-dealkylation sites (N-methyl/N-ethyl adjacent to an activating group) is 1. The monoisotopic (exact) mass is 284 g/mol. The van der Waals surface area contributed by atoms with E-state index in [1.807, 2.05) is 38.2 Å². The first kappa shape index (κ1) is 15.8. The average molecular weight is 285 g/mol. The molecule has 0 bridgehead atoms. The Balaban J connectivity index is 0.00000180. The van der Waals surface area contributed by atoms with Crippen molar-refractivity contribution in [1.29, 1.82) is 0 Å². The van der Waals surface area contributed by atoms with Gasteiger partial charge in [-0.3, -0.25) is 4.79 Å². The largest absolute Gasteiger partial charge is 0.492 e. The summed E-state index contributed by atoms with van der Waals surface area (Å²) in [6, 6.07) is 7.94. The molecule has 0 atom stereocenters. The first-order chi connectivity index (χ1) is 8.66. The van der Waals surface area contributed by atoms with Crippen LogP contribution in [0.3, 0.4) is 0 Å². The Labute approximate surface area is 120 Å². The second-order valence-electron chi connectivity index (χ2n) is 4.78. The summed E-state index contributed by atoms with van der Waals surface area (Å²) in [4.78, 5) is 13.6. The predicted octanol–water partition coefficient (Wildman–Crippen LogP) is 1.47. The predicted molar refractivity (Wildman–Crippen MR) is 77.9 cm³/mol. The molecule has 106 valence electrons. The molecule has 0 unspecified atom stereocenters. The fourth-order valence-corrected chi connectivity index (χ4v) is 1.82. The van der Waals surface area contributed by atoms with Gasteiger partial charge in [0.05, 0.1) is 12.5 Å². The summed E-state index contributed by atoms with van der Waals surface area (Å²) >= 11 is 0. The summed E-state index contributed by atoms with van der Waals surface area (Å²) in [7, 11) is 1.83. The van der Waals surface area contributed by atoms with E-state index in [1.54, 1.807) is 4.90 Å². The zero-order chi connectivity index (χ0) is 13.0. The van der Waals surface area contributed by atoms with Gasteiger partial charge in [0.1, 0.15) is 12.4 Å². The summed E-state index contributed by atoms with van der Waals surface area (Å²) in [5.41, 5.74) is 1.21. The number of nitrogens with one attached hydrogen (secondary N) is 1. The van der Waals surface area contributed by atoms with Crippen molar-refractivity contribution in [2.45, 2.75) is 6.92 Å². The van der Waals surface area contributed by atoms with Gasteiger partial charge in [-0.15, -0.1) is 12.4 Å². The van der Waals surface area contributed by atoms with E-state index < -0.39 is 0 Å². The van der Waals surface area contributed by atoms with Gasteiger partial charge in [-0.25, -0.2) is 0 Å². The number of rotatable bonds is 5. The molecule has 1 fully saturated rings. The van der Waals surface area contributed by atoms with Crippen LogP contribution in [0, 0.1) is 12.8 Å². The molecule has 1 aliphatic heterocycles. The Bertz CT molecular complexity index is 404. The lowest BCUT2D eigenvalue weighted by atomic mass is 10.0. The Kier molecular flexibility index (Phi) is 6.12. The van der Waals surface area contributed by atoms with Crippen LogP contribution < -0.4 is 10.1 Å². The number of hydrogen-bond donors (Lipinski definition) is 1. The Morgan fingerprint density at radius 3 is 2.53 bits per heavy atom. The minimum Gasteiger partial charge on any atom is -0.492 e. The summed E-state index contributed by atoms with van der Waals surface area (Å²) in [5, 5.41) is 3.11. The molecule has 2 rings (SSSR count). The molecule has 1 aromatic carbocycles. The molecule has 1 aliphatic rings. The molecule has 1 aromatic rings. The van der Waals surface area contributed by atoms with Crippen LogP contribution in [0.1, 0.15) is 5.56 Å². The minimum absolute atomic E-state index is 0. The maximum Gasteiger partial charge on any atom is 0.228 e. The molecule has 0 aromatic heterocycles. The Hall–Kier alpha value is -1.26. The van der Waals surface area contributed by atoms with Crippen LogP contribution in [-0.2, 0) is 4.79 Å². The van der Waals surface area contributed by atoms with Crippen LogP contribution in [-0.4, -0.2) is 44.1 Å². The van der Waals surface area contributed by atoms with Crippen molar-refractivity contribution < 1.29 is 9.53 Å². The quantitative estimate of drug-likeness (QED) is 0.890. The first-order valence-electron chi connectivity index (χ1n) is 6.32. The second-order valence-corrected chi connectivity index (χ2v) is 4.78. The van der Waals surface area contributed by atoms with Crippen molar-refractivity contribution in [3.8, 4) is 5.75 Å². The van der Waals surface area contributed by atoms with Crippen LogP contribution in [0.25, 0.3) is 0 Å². The van der Waals surface area contributed by atoms with Crippen LogP contribution in [0.4, 0.5) is 0 Å². The van der Waals surface area contributed by atoms with E-state index in [2.05, 4.69) is 5.32 Å². The van der Waals surface area contributed by atoms with Crippen LogP contribution in [0.15, 0.2) is 24.3 Å². The second kappa shape index (κ2) is 7.36. The normalized spacial score (nSPS) is 14.2. The lowest BCUT2D eigenvalue weighted by Gasteiger charge is -2.30. The zero-order valence-corrected chi connectivity index (χ0v) is 12.2. The number of hydrogen-bond acceptors (Lipinski definition) is 3. The number of nitrogens with zero attached hydrogens (tertiary/aromatic N) is 1. The van der Waals surface area contributed by atoms with Crippen molar-refractivity contribution in [3.63, 3.8) is 0 Å². The number of amides is 1. The van der Waals surface area contributed by atoms with Gasteiger partial charge in [-0.2, -0.15) is 0 Å². The molecular weight excluding hydrogens is 264 g/mol. The van der Waals surface area contributed by atoms with E-state index in [4.69, 9.17) is 4.74 Å². The summed E-state index contributed by atoms with van der Waals surface area (Å²) in [6.07, 6.45) is 0. The highest BCUT2D eigenvalue weighted by Gasteiger charge is 2.27. The van der Waals surface area contributed by atoms with Crippen molar-refractivity contribution in [2.24, 2.45) is 5.92 Å². The van der Waals surface area contributed by atoms with Crippen molar-refractivity contribution in [1.82, 2.24) is 10.2 Å². The number of halogens is 1. The zero-order valence-electron chi connectivity index (χ0n) is 11.4. The first-order valence-corrected chi connectivity index (χ1v) is 6.32. The summed E-state index contributed by atoms with van der Waals surface area (Å²) in [6.45, 7) is 4.82. The molecule has 1 N–H and O–H groups in total. The van der Waals surface area contributed by atoms with E-state index in [1.165, 1.54) is 5.56 Å². The highest BCUT2D eigenvalue weighted by Crippen LogP contribution is 2.11. The van der Waals surface area contributed by atoms with E-state index in [-0.39, 0.29) is 24.2 Å². The molecule has 1 amide bonds. The molecular formula is C14H21ClN2O2. The number of ether oxygens (including phenoxy) is 1. The fraction of sp³-hybridized carbons (Fsp3) is 0.500. The highest BCUT2D eigenvalue weighted by atomic mass is 35.5. The SMILES string of the molecule is Cc1ccc(OCCN(C)C(=O)C2CNC2)cc1.Cl. The number of aryl methyl sites for hydroxylation is 1. The van der Waals surface area contributed by atoms with Gasteiger partial charge < -0.3 is 15.0 Å². The van der Waals surface area contributed by atoms with E-state index in [0.717, 1.165) is 18.8 Å². The van der Waals surface area contributed by atoms with Crippen molar-refractivity contribution >= 4 is 18.3 Å². The van der Waals surface area contributed by atoms with Crippen molar-refractivity contribution in [2.75, 3.05) is 33.3 Å². The van der Waals surface area contributed by atoms with Gasteiger partial charge in [-0.05, 0) is 19.1 Å². The molecule has 0 radical (unpaired) electrons. The molecule has 4 nitrogen and oxygen atoms in total. The van der Waals surface area contributed by atoms with Crippen LogP contribution >= 0.6 is 12.4 Å². The summed E-state index contributed by atoms with van der Waals surface area (Å²) < 4.78 is 5.60. The molecule has 1 saturated heterocycles. The van der Waals surface area contributed by atoms with E-state index >= 15 is 0 Å².